The number of hydrogen-bond donors (Lipinski definition) is 2. The van der Waals surface area contributed by atoms with Crippen LogP contribution in [0.4, 0.5) is 10.2 Å². The molecule has 0 saturated heterocycles. The Bertz CT molecular complexity index is 1440. The van der Waals surface area contributed by atoms with E-state index in [-0.39, 0.29) is 5.82 Å². The molecule has 2 aromatic heterocycles. The highest BCUT2D eigenvalue weighted by molar-refractivity contribution is 5.86. The minimum atomic E-state index is -0.246. The number of nitrogens with zero attached hydrogens (tertiary/aromatic N) is 3. The van der Waals surface area contributed by atoms with Gasteiger partial charge in [0, 0.05) is 24.7 Å². The third kappa shape index (κ3) is 4.05. The van der Waals surface area contributed by atoms with Gasteiger partial charge >= 0.3 is 0 Å². The van der Waals surface area contributed by atoms with Gasteiger partial charge in [0.25, 0.3) is 0 Å². The van der Waals surface area contributed by atoms with Crippen LogP contribution in [0.25, 0.3) is 27.9 Å². The van der Waals surface area contributed by atoms with Crippen LogP contribution >= 0.6 is 0 Å². The van der Waals surface area contributed by atoms with Crippen LogP contribution in [0, 0.1) is 5.82 Å². The fourth-order valence-electron chi connectivity index (χ4n) is 4.18. The maximum absolute atomic E-state index is 13.6. The van der Waals surface area contributed by atoms with Gasteiger partial charge in [0.1, 0.15) is 5.82 Å². The smallest absolute Gasteiger partial charge is 0.181 e. The van der Waals surface area contributed by atoms with Crippen LogP contribution in [0.2, 0.25) is 0 Å². The fourth-order valence-corrected chi connectivity index (χ4v) is 4.18. The Labute approximate surface area is 191 Å². The summed E-state index contributed by atoms with van der Waals surface area (Å²) in [7, 11) is 0. The Hall–Kier alpha value is -3.77. The first-order valence-corrected chi connectivity index (χ1v) is 11.3. The number of anilines is 1. The Kier molecular flexibility index (Phi) is 5.00. The molecule has 1 fully saturated rings. The second-order valence-electron chi connectivity index (χ2n) is 8.59. The zero-order chi connectivity index (χ0) is 22.2. The minimum Gasteiger partial charge on any atom is -0.363 e. The molecule has 33 heavy (non-hydrogen) atoms. The summed E-state index contributed by atoms with van der Waals surface area (Å²) in [6, 6.07) is 24.0. The van der Waals surface area contributed by atoms with E-state index in [4.69, 9.17) is 9.97 Å². The lowest BCUT2D eigenvalue weighted by atomic mass is 10.1. The molecule has 0 amide bonds. The van der Waals surface area contributed by atoms with Crippen molar-refractivity contribution in [1.29, 1.82) is 0 Å². The number of benzene rings is 3. The van der Waals surface area contributed by atoms with Gasteiger partial charge in [-0.15, -0.1) is 0 Å². The Morgan fingerprint density at radius 1 is 0.909 bits per heavy atom. The number of rotatable bonds is 7. The first-order valence-electron chi connectivity index (χ1n) is 11.3. The average Bonchev–Trinajstić information content (AvgIpc) is 3.57. The van der Waals surface area contributed by atoms with Gasteiger partial charge in [0.05, 0.1) is 22.9 Å². The van der Waals surface area contributed by atoms with Gasteiger partial charge in [-0.25, -0.2) is 14.4 Å². The normalized spacial score (nSPS) is 13.6. The lowest BCUT2D eigenvalue weighted by Crippen LogP contribution is -2.15. The molecule has 0 aliphatic heterocycles. The topological polar surface area (TPSA) is 54.2 Å². The summed E-state index contributed by atoms with van der Waals surface area (Å²) in [6.07, 6.45) is 4.47. The average molecular weight is 438 g/mol. The zero-order valence-corrected chi connectivity index (χ0v) is 18.1. The molecular formula is C27H24FN5. The molecule has 5 nitrogen and oxygen atoms in total. The van der Waals surface area contributed by atoms with Gasteiger partial charge in [-0.05, 0) is 48.2 Å². The monoisotopic (exact) mass is 437 g/mol. The molecule has 0 spiro atoms. The quantitative estimate of drug-likeness (QED) is 0.350. The van der Waals surface area contributed by atoms with Crippen molar-refractivity contribution in [2.45, 2.75) is 32.0 Å². The van der Waals surface area contributed by atoms with Crippen LogP contribution in [-0.2, 0) is 13.1 Å². The first-order chi connectivity index (χ1) is 16.2. The minimum absolute atomic E-state index is 0.246. The van der Waals surface area contributed by atoms with Crippen LogP contribution in [0.1, 0.15) is 24.0 Å². The van der Waals surface area contributed by atoms with Crippen LogP contribution in [0.15, 0.2) is 79.0 Å². The molecule has 6 heteroatoms. The molecule has 0 atom stereocenters. The highest BCUT2D eigenvalue weighted by Gasteiger charge is 2.20. The molecule has 164 valence electrons. The second-order valence-corrected chi connectivity index (χ2v) is 8.59. The van der Waals surface area contributed by atoms with Crippen LogP contribution in [0.5, 0.6) is 0 Å². The van der Waals surface area contributed by atoms with E-state index in [2.05, 4.69) is 45.4 Å². The summed E-state index contributed by atoms with van der Waals surface area (Å²) >= 11 is 0. The van der Waals surface area contributed by atoms with E-state index in [0.29, 0.717) is 18.4 Å². The van der Waals surface area contributed by atoms with E-state index in [0.717, 1.165) is 40.0 Å². The summed E-state index contributed by atoms with van der Waals surface area (Å²) < 4.78 is 15.7. The van der Waals surface area contributed by atoms with Crippen molar-refractivity contribution in [3.63, 3.8) is 0 Å². The molecule has 6 rings (SSSR count). The fraction of sp³-hybridized carbons (Fsp3) is 0.185. The van der Waals surface area contributed by atoms with Crippen molar-refractivity contribution >= 4 is 22.5 Å². The maximum atomic E-state index is 13.6. The van der Waals surface area contributed by atoms with E-state index in [1.54, 1.807) is 6.07 Å². The summed E-state index contributed by atoms with van der Waals surface area (Å²) in [4.78, 5) is 9.53. The SMILES string of the molecule is Fc1cccc(CNc2nc3ccccc3n3c(-c4ccc(CNC5CC5)cc4)cnc23)c1. The third-order valence-electron chi connectivity index (χ3n) is 6.10. The molecule has 0 unspecified atom stereocenters. The molecule has 5 aromatic rings. The van der Waals surface area contributed by atoms with Crippen LogP contribution in [0.3, 0.4) is 0 Å². The highest BCUT2D eigenvalue weighted by atomic mass is 19.1. The first kappa shape index (κ1) is 19.9. The molecule has 1 aliphatic carbocycles. The van der Waals surface area contributed by atoms with Gasteiger partial charge in [-0.2, -0.15) is 0 Å². The molecule has 2 N–H and O–H groups in total. The number of aromatic nitrogens is 3. The van der Waals surface area contributed by atoms with Crippen LogP contribution in [-0.4, -0.2) is 20.4 Å². The molecule has 1 saturated carbocycles. The standard InChI is InChI=1S/C27H24FN5/c28-21-5-3-4-19(14-21)16-30-26-27-31-17-25(33(27)24-7-2-1-6-23(24)32-26)20-10-8-18(9-11-20)15-29-22-12-13-22/h1-11,14,17,22,29H,12-13,15-16H2,(H,30,32). The van der Waals surface area contributed by atoms with E-state index in [9.17, 15) is 4.39 Å². The Morgan fingerprint density at radius 3 is 2.58 bits per heavy atom. The lowest BCUT2D eigenvalue weighted by molar-refractivity contribution is 0.626. The lowest BCUT2D eigenvalue weighted by Gasteiger charge is -2.12. The van der Waals surface area contributed by atoms with Crippen molar-refractivity contribution in [1.82, 2.24) is 19.7 Å². The van der Waals surface area contributed by atoms with Gasteiger partial charge in [0.15, 0.2) is 11.5 Å². The van der Waals surface area contributed by atoms with E-state index in [1.165, 1.54) is 30.5 Å². The van der Waals surface area contributed by atoms with Crippen molar-refractivity contribution in [3.8, 4) is 11.3 Å². The molecular weight excluding hydrogens is 413 g/mol. The van der Waals surface area contributed by atoms with Crippen molar-refractivity contribution in [2.75, 3.05) is 5.32 Å². The number of halogens is 1. The van der Waals surface area contributed by atoms with E-state index < -0.39 is 0 Å². The maximum Gasteiger partial charge on any atom is 0.181 e. The summed E-state index contributed by atoms with van der Waals surface area (Å²) in [6.45, 7) is 1.36. The summed E-state index contributed by atoms with van der Waals surface area (Å²) in [5.41, 5.74) is 6.87. The number of hydrogen-bond acceptors (Lipinski definition) is 4. The van der Waals surface area contributed by atoms with Gasteiger partial charge in [-0.1, -0.05) is 48.5 Å². The summed E-state index contributed by atoms with van der Waals surface area (Å²) in [5.74, 6) is 0.430. The number of para-hydroxylation sites is 2. The number of fused-ring (bicyclic) bond motifs is 3. The van der Waals surface area contributed by atoms with Crippen LogP contribution < -0.4 is 10.6 Å². The number of imidazole rings is 1. The predicted octanol–water partition coefficient (Wildman–Crippen LogP) is 5.55. The Balaban J connectivity index is 1.38. The molecule has 0 radical (unpaired) electrons. The van der Waals surface area contributed by atoms with Gasteiger partial charge in [0.2, 0.25) is 0 Å². The van der Waals surface area contributed by atoms with Crippen molar-refractivity contribution in [3.05, 3.63) is 95.9 Å². The molecule has 2 heterocycles. The van der Waals surface area contributed by atoms with Crippen molar-refractivity contribution in [2.24, 2.45) is 0 Å². The van der Waals surface area contributed by atoms with Gasteiger partial charge in [-0.3, -0.25) is 4.40 Å². The second kappa shape index (κ2) is 8.30. The zero-order valence-electron chi connectivity index (χ0n) is 18.1. The third-order valence-corrected chi connectivity index (χ3v) is 6.10. The van der Waals surface area contributed by atoms with E-state index in [1.807, 2.05) is 30.5 Å². The van der Waals surface area contributed by atoms with E-state index >= 15 is 0 Å². The molecule has 0 bridgehead atoms. The number of nitrogens with one attached hydrogen (secondary N) is 2. The largest absolute Gasteiger partial charge is 0.363 e. The molecule has 3 aromatic carbocycles. The van der Waals surface area contributed by atoms with Gasteiger partial charge < -0.3 is 10.6 Å². The Morgan fingerprint density at radius 2 is 1.76 bits per heavy atom. The van der Waals surface area contributed by atoms with Crippen molar-refractivity contribution < 1.29 is 4.39 Å². The predicted molar refractivity (Wildman–Crippen MR) is 130 cm³/mol. The highest BCUT2D eigenvalue weighted by Crippen LogP contribution is 2.29. The summed E-state index contributed by atoms with van der Waals surface area (Å²) in [5, 5.41) is 6.92. The molecule has 1 aliphatic rings.